The van der Waals surface area contributed by atoms with Gasteiger partial charge in [-0.3, -0.25) is 4.79 Å². The van der Waals surface area contributed by atoms with Crippen LogP contribution in [0, 0.1) is 5.92 Å². The van der Waals surface area contributed by atoms with E-state index < -0.39 is 48.1 Å². The maximum Gasteiger partial charge on any atom is 0.334 e. The highest BCUT2D eigenvalue weighted by molar-refractivity contribution is 6.04. The van der Waals surface area contributed by atoms with Crippen LogP contribution in [0.3, 0.4) is 0 Å². The minimum atomic E-state index is -1.50. The molecule has 1 unspecified atom stereocenters. The van der Waals surface area contributed by atoms with Crippen LogP contribution in [0.5, 0.6) is 0 Å². The highest BCUT2D eigenvalue weighted by Crippen LogP contribution is 2.37. The zero-order valence-electron chi connectivity index (χ0n) is 15.6. The van der Waals surface area contributed by atoms with Crippen LogP contribution in [0.15, 0.2) is 47.6 Å². The number of aliphatic hydroxyl groups is 2. The zero-order chi connectivity index (χ0) is 20.4. The van der Waals surface area contributed by atoms with Crippen LogP contribution < -0.4 is 0 Å². The summed E-state index contributed by atoms with van der Waals surface area (Å²) in [4.78, 5) is 36.6. The third-order valence-corrected chi connectivity index (χ3v) is 4.74. The lowest BCUT2D eigenvalue weighted by Crippen LogP contribution is -2.40. The lowest BCUT2D eigenvalue weighted by atomic mass is 9.82. The Morgan fingerprint density at radius 2 is 2.15 bits per heavy atom. The summed E-state index contributed by atoms with van der Waals surface area (Å²) in [6.45, 7) is 7.90. The molecule has 146 valence electrons. The minimum absolute atomic E-state index is 0.0103. The predicted octanol–water partition coefficient (Wildman–Crippen LogP) is 1.16. The molecule has 0 aromatic carbocycles. The molecule has 0 saturated carbocycles. The molecule has 27 heavy (non-hydrogen) atoms. The Morgan fingerprint density at radius 1 is 1.48 bits per heavy atom. The molecule has 2 rings (SSSR count). The monoisotopic (exact) mass is 376 g/mol. The SMILES string of the molecule is C=C1C(=O)O[C@@H]2/C=C(/CO)C(=O)/C=C\[C@@](C)(O)CC(OC(=O)/C(C)=C\C)[C@@H]12. The minimum Gasteiger partial charge on any atom is -0.458 e. The van der Waals surface area contributed by atoms with Gasteiger partial charge in [0.25, 0.3) is 0 Å². The Morgan fingerprint density at radius 3 is 2.74 bits per heavy atom. The first kappa shape index (κ1) is 20.8. The third-order valence-electron chi connectivity index (χ3n) is 4.74. The van der Waals surface area contributed by atoms with Crippen molar-refractivity contribution in [3.05, 3.63) is 47.6 Å². The number of carbonyl (C=O) groups excluding carboxylic acids is 3. The Kier molecular flexibility index (Phi) is 6.18. The first-order valence-corrected chi connectivity index (χ1v) is 8.60. The van der Waals surface area contributed by atoms with Gasteiger partial charge in [-0.1, -0.05) is 12.7 Å². The molecule has 1 aliphatic heterocycles. The number of carbonyl (C=O) groups is 3. The Bertz CT molecular complexity index is 754. The van der Waals surface area contributed by atoms with Crippen LogP contribution in [0.1, 0.15) is 27.2 Å². The van der Waals surface area contributed by atoms with Crippen molar-refractivity contribution < 1.29 is 34.1 Å². The van der Waals surface area contributed by atoms with Crippen LogP contribution in [0.4, 0.5) is 0 Å². The normalized spacial score (nSPS) is 35.0. The van der Waals surface area contributed by atoms with Crippen molar-refractivity contribution in [1.82, 2.24) is 0 Å². The lowest BCUT2D eigenvalue weighted by molar-refractivity contribution is -0.150. The molecule has 0 amide bonds. The number of ketones is 1. The van der Waals surface area contributed by atoms with E-state index in [9.17, 15) is 24.6 Å². The van der Waals surface area contributed by atoms with E-state index in [-0.39, 0.29) is 17.6 Å². The summed E-state index contributed by atoms with van der Waals surface area (Å²) in [5, 5.41) is 20.1. The summed E-state index contributed by atoms with van der Waals surface area (Å²) < 4.78 is 10.8. The van der Waals surface area contributed by atoms with Gasteiger partial charge >= 0.3 is 11.9 Å². The van der Waals surface area contributed by atoms with E-state index in [2.05, 4.69) is 6.58 Å². The fourth-order valence-electron chi connectivity index (χ4n) is 3.02. The molecule has 7 heteroatoms. The van der Waals surface area contributed by atoms with E-state index in [0.29, 0.717) is 5.57 Å². The molecule has 1 fully saturated rings. The fraction of sp³-hybridized carbons (Fsp3) is 0.450. The second-order valence-electron chi connectivity index (χ2n) is 6.95. The van der Waals surface area contributed by atoms with Crippen LogP contribution in [0.2, 0.25) is 0 Å². The van der Waals surface area contributed by atoms with Gasteiger partial charge in [0.1, 0.15) is 12.2 Å². The third kappa shape index (κ3) is 4.61. The predicted molar refractivity (Wildman–Crippen MR) is 96.4 cm³/mol. The van der Waals surface area contributed by atoms with Crippen LogP contribution >= 0.6 is 0 Å². The van der Waals surface area contributed by atoms with Gasteiger partial charge in [-0.2, -0.15) is 0 Å². The molecule has 1 heterocycles. The van der Waals surface area contributed by atoms with Gasteiger partial charge in [0.2, 0.25) is 0 Å². The number of allylic oxidation sites excluding steroid dienone is 2. The molecule has 0 radical (unpaired) electrons. The number of esters is 2. The molecule has 2 N–H and O–H groups in total. The summed E-state index contributed by atoms with van der Waals surface area (Å²) >= 11 is 0. The molecule has 2 aliphatic rings. The average Bonchev–Trinajstić information content (AvgIpc) is 2.89. The van der Waals surface area contributed by atoms with E-state index in [4.69, 9.17) is 9.47 Å². The maximum atomic E-state index is 12.3. The number of hydrogen-bond acceptors (Lipinski definition) is 7. The lowest BCUT2D eigenvalue weighted by Gasteiger charge is -2.31. The van der Waals surface area contributed by atoms with E-state index in [1.54, 1.807) is 19.9 Å². The molecule has 0 spiro atoms. The van der Waals surface area contributed by atoms with Crippen LogP contribution in [0.25, 0.3) is 0 Å². The molecule has 0 aromatic heterocycles. The van der Waals surface area contributed by atoms with Gasteiger partial charge in [-0.05, 0) is 39.0 Å². The van der Waals surface area contributed by atoms with Crippen molar-refractivity contribution in [2.24, 2.45) is 5.92 Å². The highest BCUT2D eigenvalue weighted by Gasteiger charge is 2.46. The standard InChI is InChI=1S/C20H24O7/c1-5-11(2)18(23)27-16-9-20(4,25)7-6-14(22)13(10-21)8-15-17(16)12(3)19(24)26-15/h5-8,15-17,21,25H,3,9-10H2,1-2,4H3/b7-6-,11-5-,13-8-/t15-,16?,17+,20-/m1/s1. The summed E-state index contributed by atoms with van der Waals surface area (Å²) in [6.07, 6.45) is 3.41. The van der Waals surface area contributed by atoms with Crippen LogP contribution in [-0.2, 0) is 23.9 Å². The maximum absolute atomic E-state index is 12.3. The smallest absolute Gasteiger partial charge is 0.334 e. The summed E-state index contributed by atoms with van der Waals surface area (Å²) in [5.74, 6) is -2.57. The first-order valence-electron chi connectivity index (χ1n) is 8.60. The van der Waals surface area contributed by atoms with E-state index in [0.717, 1.165) is 6.08 Å². The Labute approximate surface area is 157 Å². The molecule has 0 bridgehead atoms. The van der Waals surface area contributed by atoms with Gasteiger partial charge < -0.3 is 19.7 Å². The van der Waals surface area contributed by atoms with Gasteiger partial charge in [0, 0.05) is 23.1 Å². The Balaban J connectivity index is 2.53. The molecule has 4 atom stereocenters. The van der Waals surface area contributed by atoms with Crippen molar-refractivity contribution in [2.75, 3.05) is 6.61 Å². The molecule has 1 aliphatic carbocycles. The number of ether oxygens (including phenoxy) is 2. The Hall–Kier alpha value is -2.51. The van der Waals surface area contributed by atoms with E-state index in [1.165, 1.54) is 19.1 Å². The van der Waals surface area contributed by atoms with E-state index in [1.807, 2.05) is 0 Å². The first-order chi connectivity index (χ1) is 12.6. The van der Waals surface area contributed by atoms with Crippen molar-refractivity contribution in [3.63, 3.8) is 0 Å². The second-order valence-corrected chi connectivity index (χ2v) is 6.95. The summed E-state index contributed by atoms with van der Waals surface area (Å²) in [6, 6.07) is 0. The second kappa shape index (κ2) is 8.02. The molecular formula is C20H24O7. The van der Waals surface area contributed by atoms with Gasteiger partial charge in [0.05, 0.1) is 18.1 Å². The number of fused-ring (bicyclic) bond motifs is 1. The van der Waals surface area contributed by atoms with Crippen LogP contribution in [-0.4, -0.2) is 52.4 Å². The molecule has 1 saturated heterocycles. The summed E-state index contributed by atoms with van der Waals surface area (Å²) in [7, 11) is 0. The summed E-state index contributed by atoms with van der Waals surface area (Å²) in [5.41, 5.74) is -1.04. The largest absolute Gasteiger partial charge is 0.458 e. The van der Waals surface area contributed by atoms with Gasteiger partial charge in [-0.15, -0.1) is 0 Å². The molecule has 7 nitrogen and oxygen atoms in total. The molecular weight excluding hydrogens is 352 g/mol. The fourth-order valence-corrected chi connectivity index (χ4v) is 3.02. The average molecular weight is 376 g/mol. The van der Waals surface area contributed by atoms with Gasteiger partial charge in [0.15, 0.2) is 5.78 Å². The highest BCUT2D eigenvalue weighted by atomic mass is 16.6. The molecule has 0 aromatic rings. The van der Waals surface area contributed by atoms with Crippen molar-refractivity contribution in [1.29, 1.82) is 0 Å². The number of aliphatic hydroxyl groups excluding tert-OH is 1. The topological polar surface area (TPSA) is 110 Å². The number of rotatable bonds is 3. The van der Waals surface area contributed by atoms with Crippen molar-refractivity contribution in [3.8, 4) is 0 Å². The van der Waals surface area contributed by atoms with Crippen molar-refractivity contribution in [2.45, 2.75) is 45.0 Å². The number of hydrogen-bond donors (Lipinski definition) is 2. The zero-order valence-corrected chi connectivity index (χ0v) is 15.6. The van der Waals surface area contributed by atoms with Crippen molar-refractivity contribution >= 4 is 17.7 Å². The van der Waals surface area contributed by atoms with Gasteiger partial charge in [-0.25, -0.2) is 9.59 Å². The van der Waals surface area contributed by atoms with E-state index >= 15 is 0 Å². The quantitative estimate of drug-likeness (QED) is 0.562.